The molecule has 0 aliphatic rings. The second-order valence-electron chi connectivity index (χ2n) is 0.602. The third-order valence-electron chi connectivity index (χ3n) is 0.167. The van der Waals surface area contributed by atoms with E-state index in [-0.39, 0.29) is 49.5 Å². The Morgan fingerprint density at radius 2 is 1.22 bits per heavy atom. The fourth-order valence-corrected chi connectivity index (χ4v) is 0.204. The van der Waals surface area contributed by atoms with Crippen LogP contribution >= 0.6 is 11.8 Å². The summed E-state index contributed by atoms with van der Waals surface area (Å²) in [6.07, 6.45) is 0. The summed E-state index contributed by atoms with van der Waals surface area (Å²) in [5.41, 5.74) is 0. The predicted octanol–water partition coefficient (Wildman–Crippen LogP) is -7.59. The van der Waals surface area contributed by atoms with Gasteiger partial charge in [-0.25, -0.2) is 0 Å². The molecule has 0 atom stereocenters. The van der Waals surface area contributed by atoms with E-state index < -0.39 is 10.6 Å². The van der Waals surface area contributed by atoms with E-state index in [9.17, 15) is 19.8 Å². The second kappa shape index (κ2) is 8.48. The van der Waals surface area contributed by atoms with E-state index in [4.69, 9.17) is 0 Å². The van der Waals surface area contributed by atoms with Crippen molar-refractivity contribution < 1.29 is 57.5 Å². The topological polar surface area (TPSA) is 80.3 Å². The molecule has 0 unspecified atom stereocenters. The first-order valence-corrected chi connectivity index (χ1v) is 2.04. The standard InChI is InChI=1S/C2H2O4S.2Li/c3-1(4)7-2(5)6;;/h(H,3,4)(H,5,6);;/q;2*+1/p-2. The minimum atomic E-state index is -1.71. The van der Waals surface area contributed by atoms with E-state index in [0.717, 1.165) is 0 Å². The Labute approximate surface area is 79.7 Å². The molecule has 0 rings (SSSR count). The molecule has 0 aromatic heterocycles. The molecule has 0 fully saturated rings. The fourth-order valence-electron chi connectivity index (χ4n) is 0.0680. The molecule has 0 heterocycles. The summed E-state index contributed by atoms with van der Waals surface area (Å²) in [7, 11) is 0. The Hall–Kier alpha value is 0.485. The van der Waals surface area contributed by atoms with Gasteiger partial charge in [0.2, 0.25) is 0 Å². The van der Waals surface area contributed by atoms with Crippen LogP contribution in [0, 0.1) is 0 Å². The van der Waals surface area contributed by atoms with Gasteiger partial charge in [0.15, 0.2) is 0 Å². The van der Waals surface area contributed by atoms with Gasteiger partial charge in [-0.05, 0) is 0 Å². The minimum absolute atomic E-state index is 0. The number of carbonyl (C=O) groups is 2. The van der Waals surface area contributed by atoms with Crippen molar-refractivity contribution in [2.24, 2.45) is 0 Å². The van der Waals surface area contributed by atoms with Crippen molar-refractivity contribution in [3.63, 3.8) is 0 Å². The SMILES string of the molecule is O=C([O-])SC(=O)[O-].[Li+].[Li+]. The van der Waals surface area contributed by atoms with Gasteiger partial charge in [-0.2, -0.15) is 0 Å². The first-order valence-electron chi connectivity index (χ1n) is 1.22. The zero-order valence-corrected chi connectivity index (χ0v) is 5.86. The molecular weight excluding hydrogens is 134 g/mol. The number of hydrogen-bond donors (Lipinski definition) is 0. The molecule has 0 N–H and O–H groups in total. The van der Waals surface area contributed by atoms with Gasteiger partial charge in [0.1, 0.15) is 10.6 Å². The monoisotopic (exact) mass is 134 g/mol. The van der Waals surface area contributed by atoms with E-state index in [2.05, 4.69) is 0 Å². The van der Waals surface area contributed by atoms with Gasteiger partial charge >= 0.3 is 37.7 Å². The van der Waals surface area contributed by atoms with Gasteiger partial charge in [-0.1, -0.05) is 11.8 Å². The summed E-state index contributed by atoms with van der Waals surface area (Å²) in [4.78, 5) is 18.5. The van der Waals surface area contributed by atoms with Crippen molar-refractivity contribution in [3.05, 3.63) is 0 Å². The molecule has 40 valence electrons. The third-order valence-corrected chi connectivity index (χ3v) is 0.500. The first kappa shape index (κ1) is 16.2. The van der Waals surface area contributed by atoms with Crippen LogP contribution in [0.4, 0.5) is 9.59 Å². The average Bonchev–Trinajstić information content (AvgIpc) is 1.27. The molecule has 7 heteroatoms. The molecule has 0 spiro atoms. The molecule has 9 heavy (non-hydrogen) atoms. The van der Waals surface area contributed by atoms with Gasteiger partial charge in [-0.3, -0.25) is 0 Å². The van der Waals surface area contributed by atoms with Gasteiger partial charge in [0, 0.05) is 0 Å². The summed E-state index contributed by atoms with van der Waals surface area (Å²) in [6, 6.07) is 0. The van der Waals surface area contributed by atoms with Crippen molar-refractivity contribution >= 4 is 22.4 Å². The molecular formula is C2Li2O4S. The van der Waals surface area contributed by atoms with Crippen molar-refractivity contribution in [2.75, 3.05) is 0 Å². The summed E-state index contributed by atoms with van der Waals surface area (Å²) in [5, 5.41) is 15.1. The molecule has 0 aromatic carbocycles. The largest absolute Gasteiger partial charge is 1.00 e. The number of thioether (sulfide) groups is 1. The van der Waals surface area contributed by atoms with E-state index in [1.54, 1.807) is 0 Å². The van der Waals surface area contributed by atoms with Gasteiger partial charge in [0.25, 0.3) is 0 Å². The van der Waals surface area contributed by atoms with Crippen LogP contribution < -0.4 is 47.9 Å². The van der Waals surface area contributed by atoms with E-state index in [0.29, 0.717) is 0 Å². The molecule has 0 aliphatic carbocycles. The van der Waals surface area contributed by atoms with Crippen LogP contribution in [-0.2, 0) is 0 Å². The van der Waals surface area contributed by atoms with Crippen molar-refractivity contribution in [1.29, 1.82) is 0 Å². The molecule has 4 nitrogen and oxygen atoms in total. The summed E-state index contributed by atoms with van der Waals surface area (Å²) in [6.45, 7) is 0. The fraction of sp³-hybridized carbons (Fsp3) is 0. The third kappa shape index (κ3) is 17.7. The number of carboxylic acid groups (broad SMARTS) is 2. The maximum atomic E-state index is 9.24. The zero-order valence-electron chi connectivity index (χ0n) is 5.04. The van der Waals surface area contributed by atoms with Crippen molar-refractivity contribution in [2.45, 2.75) is 0 Å². The zero-order chi connectivity index (χ0) is 5.86. The molecule has 0 saturated carbocycles. The van der Waals surface area contributed by atoms with Crippen LogP contribution in [-0.4, -0.2) is 10.6 Å². The van der Waals surface area contributed by atoms with Crippen LogP contribution in [0.3, 0.4) is 0 Å². The summed E-state index contributed by atoms with van der Waals surface area (Å²) >= 11 is -0.380. The van der Waals surface area contributed by atoms with Gasteiger partial charge in [0.05, 0.1) is 0 Å². The Balaban J connectivity index is -0.000000180. The van der Waals surface area contributed by atoms with E-state index >= 15 is 0 Å². The Bertz CT molecular complexity index is 92.7. The summed E-state index contributed by atoms with van der Waals surface area (Å²) in [5.74, 6) is 0. The normalized spacial score (nSPS) is 6.22. The van der Waals surface area contributed by atoms with Crippen molar-refractivity contribution in [3.8, 4) is 0 Å². The molecule has 0 amide bonds. The molecule has 0 bridgehead atoms. The molecule has 0 radical (unpaired) electrons. The van der Waals surface area contributed by atoms with Gasteiger partial charge < -0.3 is 19.8 Å². The Kier molecular flexibility index (Phi) is 15.3. The molecule has 0 saturated heterocycles. The predicted molar refractivity (Wildman–Crippen MR) is 18.4 cm³/mol. The van der Waals surface area contributed by atoms with Crippen LogP contribution in [0.2, 0.25) is 0 Å². The van der Waals surface area contributed by atoms with E-state index in [1.807, 2.05) is 0 Å². The maximum absolute atomic E-state index is 9.24. The Morgan fingerprint density at radius 3 is 1.22 bits per heavy atom. The van der Waals surface area contributed by atoms with Crippen LogP contribution in [0.25, 0.3) is 0 Å². The minimum Gasteiger partial charge on any atom is -0.538 e. The quantitative estimate of drug-likeness (QED) is 0.307. The maximum Gasteiger partial charge on any atom is 1.00 e. The van der Waals surface area contributed by atoms with Crippen molar-refractivity contribution in [1.82, 2.24) is 0 Å². The smallest absolute Gasteiger partial charge is 0.538 e. The second-order valence-corrected chi connectivity index (χ2v) is 1.47. The number of rotatable bonds is 0. The number of carbonyl (C=O) groups excluding carboxylic acids is 2. The van der Waals surface area contributed by atoms with Crippen LogP contribution in [0.1, 0.15) is 0 Å². The molecule has 0 aliphatic heterocycles. The first-order chi connectivity index (χ1) is 3.13. The van der Waals surface area contributed by atoms with Crippen LogP contribution in [0.15, 0.2) is 0 Å². The summed E-state index contributed by atoms with van der Waals surface area (Å²) < 4.78 is 0. The van der Waals surface area contributed by atoms with Gasteiger partial charge in [-0.15, -0.1) is 0 Å². The van der Waals surface area contributed by atoms with Crippen LogP contribution in [0.5, 0.6) is 0 Å². The average molecular weight is 134 g/mol. The Morgan fingerprint density at radius 1 is 1.00 bits per heavy atom. The van der Waals surface area contributed by atoms with E-state index in [1.165, 1.54) is 0 Å². The number of hydrogen-bond acceptors (Lipinski definition) is 5. The molecule has 0 aromatic rings.